The molecule has 1 amide bonds. The lowest BCUT2D eigenvalue weighted by atomic mass is 10.1. The fourth-order valence-electron chi connectivity index (χ4n) is 3.47. The van der Waals surface area contributed by atoms with Crippen LogP contribution in [0.4, 0.5) is 11.4 Å². The van der Waals surface area contributed by atoms with E-state index in [0.29, 0.717) is 11.5 Å². The molecule has 184 valence electrons. The Morgan fingerprint density at radius 3 is 2.53 bits per heavy atom. The Morgan fingerprint density at radius 2 is 1.81 bits per heavy atom. The second-order valence-corrected chi connectivity index (χ2v) is 9.12. The number of aryl methyl sites for hydroxylation is 2. The van der Waals surface area contributed by atoms with Gasteiger partial charge in [-0.15, -0.1) is 0 Å². The number of non-ortho nitro benzene ring substituents is 1. The Labute approximate surface area is 215 Å². The zero-order chi connectivity index (χ0) is 25.8. The number of hydrogen-bond donors (Lipinski definition) is 1. The van der Waals surface area contributed by atoms with E-state index < -0.39 is 10.8 Å². The third kappa shape index (κ3) is 6.08. The van der Waals surface area contributed by atoms with Crippen molar-refractivity contribution in [1.29, 1.82) is 0 Å². The number of nitro groups is 1. The minimum absolute atomic E-state index is 0.110. The number of carbonyl (C=O) groups excluding carboxylic acids is 1. The highest BCUT2D eigenvalue weighted by Crippen LogP contribution is 2.33. The third-order valence-electron chi connectivity index (χ3n) is 5.40. The Bertz CT molecular complexity index is 1430. The lowest BCUT2D eigenvalue weighted by molar-refractivity contribution is -0.384. The van der Waals surface area contributed by atoms with Crippen LogP contribution in [0, 0.1) is 30.9 Å². The van der Waals surface area contributed by atoms with E-state index >= 15 is 0 Å². The summed E-state index contributed by atoms with van der Waals surface area (Å²) in [5, 5.41) is 18.4. The first kappa shape index (κ1) is 24.9. The lowest BCUT2D eigenvalue weighted by Crippen LogP contribution is -2.14. The summed E-state index contributed by atoms with van der Waals surface area (Å²) in [4.78, 5) is 23.8. The Morgan fingerprint density at radius 1 is 1.06 bits per heavy atom. The van der Waals surface area contributed by atoms with Crippen molar-refractivity contribution in [2.45, 2.75) is 27.5 Å². The van der Waals surface area contributed by atoms with Crippen LogP contribution in [0.15, 0.2) is 71.3 Å². The molecule has 1 aromatic heterocycles. The fourth-order valence-corrected chi connectivity index (χ4v) is 3.74. The molecule has 0 atom stereocenters. The van der Waals surface area contributed by atoms with Crippen LogP contribution in [0.1, 0.15) is 27.2 Å². The van der Waals surface area contributed by atoms with Gasteiger partial charge in [-0.25, -0.2) is 4.68 Å². The topological polar surface area (TPSA) is 109 Å². The van der Waals surface area contributed by atoms with Crippen molar-refractivity contribution in [3.8, 4) is 17.2 Å². The van der Waals surface area contributed by atoms with Crippen molar-refractivity contribution < 1.29 is 19.2 Å². The van der Waals surface area contributed by atoms with Gasteiger partial charge in [0.05, 0.1) is 16.7 Å². The summed E-state index contributed by atoms with van der Waals surface area (Å²) in [5.41, 5.74) is 3.11. The average Bonchev–Trinajstić information content (AvgIpc) is 3.31. The quantitative estimate of drug-likeness (QED) is 0.196. The molecule has 1 heterocycles. The predicted molar refractivity (Wildman–Crippen MR) is 139 cm³/mol. The highest BCUT2D eigenvalue weighted by Gasteiger charge is 2.16. The van der Waals surface area contributed by atoms with E-state index in [0.717, 1.165) is 21.2 Å². The zero-order valence-electron chi connectivity index (χ0n) is 19.8. The van der Waals surface area contributed by atoms with Gasteiger partial charge >= 0.3 is 0 Å². The molecule has 0 spiro atoms. The van der Waals surface area contributed by atoms with Crippen LogP contribution >= 0.6 is 15.9 Å². The molecule has 4 rings (SSSR count). The van der Waals surface area contributed by atoms with Gasteiger partial charge in [-0.2, -0.15) is 5.10 Å². The van der Waals surface area contributed by atoms with Crippen molar-refractivity contribution in [1.82, 2.24) is 9.78 Å². The molecule has 10 heteroatoms. The van der Waals surface area contributed by atoms with Crippen molar-refractivity contribution in [2.24, 2.45) is 0 Å². The summed E-state index contributed by atoms with van der Waals surface area (Å²) < 4.78 is 14.0. The van der Waals surface area contributed by atoms with Gasteiger partial charge in [0.1, 0.15) is 17.2 Å². The van der Waals surface area contributed by atoms with Crippen LogP contribution < -0.4 is 14.8 Å². The standard InChI is InChI=1S/C26H23BrN4O5/c1-16-10-17(2)18(3)25(11-16)36-23-13-20(12-21(14-23)31(33)34)28-26(32)24-8-9-30(29-24)15-35-22-6-4-19(27)5-7-22/h4-14H,15H2,1-3H3,(H,28,32). The first-order chi connectivity index (χ1) is 17.2. The van der Waals surface area contributed by atoms with Crippen molar-refractivity contribution in [3.05, 3.63) is 104 Å². The number of nitro benzene ring substituents is 1. The number of nitrogens with one attached hydrogen (secondary N) is 1. The molecule has 0 radical (unpaired) electrons. The first-order valence-electron chi connectivity index (χ1n) is 11.0. The molecule has 9 nitrogen and oxygen atoms in total. The summed E-state index contributed by atoms with van der Waals surface area (Å²) in [5.74, 6) is 0.963. The third-order valence-corrected chi connectivity index (χ3v) is 5.93. The molecule has 1 N–H and O–H groups in total. The van der Waals surface area contributed by atoms with Gasteiger partial charge in [0, 0.05) is 22.8 Å². The summed E-state index contributed by atoms with van der Waals surface area (Å²) in [7, 11) is 0. The molecule has 0 aliphatic carbocycles. The highest BCUT2D eigenvalue weighted by atomic mass is 79.9. The lowest BCUT2D eigenvalue weighted by Gasteiger charge is -2.13. The monoisotopic (exact) mass is 550 g/mol. The minimum atomic E-state index is -0.537. The van der Waals surface area contributed by atoms with E-state index in [1.165, 1.54) is 28.9 Å². The molecule has 0 saturated heterocycles. The van der Waals surface area contributed by atoms with Gasteiger partial charge < -0.3 is 14.8 Å². The number of amides is 1. The maximum Gasteiger partial charge on any atom is 0.276 e. The average molecular weight is 551 g/mol. The van der Waals surface area contributed by atoms with Gasteiger partial charge in [0.15, 0.2) is 12.4 Å². The van der Waals surface area contributed by atoms with Crippen LogP contribution in [0.3, 0.4) is 0 Å². The normalized spacial score (nSPS) is 10.7. The molecular formula is C26H23BrN4O5. The molecule has 0 fully saturated rings. The van der Waals surface area contributed by atoms with E-state index in [1.807, 2.05) is 57.2 Å². The van der Waals surface area contributed by atoms with E-state index in [4.69, 9.17) is 9.47 Å². The number of halogens is 1. The van der Waals surface area contributed by atoms with Gasteiger partial charge in [-0.1, -0.05) is 22.0 Å². The van der Waals surface area contributed by atoms with Gasteiger partial charge in [0.2, 0.25) is 0 Å². The summed E-state index contributed by atoms with van der Waals surface area (Å²) in [6.45, 7) is 5.94. The molecule has 0 saturated carbocycles. The molecule has 36 heavy (non-hydrogen) atoms. The van der Waals surface area contributed by atoms with E-state index in [2.05, 4.69) is 26.3 Å². The second kappa shape index (κ2) is 10.6. The number of carbonyl (C=O) groups is 1. The summed E-state index contributed by atoms with van der Waals surface area (Å²) in [6, 6.07) is 16.9. The van der Waals surface area contributed by atoms with Gasteiger partial charge in [0.25, 0.3) is 11.6 Å². The number of benzene rings is 3. The van der Waals surface area contributed by atoms with Crippen LogP contribution in [0.5, 0.6) is 17.2 Å². The first-order valence-corrected chi connectivity index (χ1v) is 11.8. The fraction of sp³-hybridized carbons (Fsp3) is 0.154. The van der Waals surface area contributed by atoms with E-state index in [-0.39, 0.29) is 29.5 Å². The largest absolute Gasteiger partial charge is 0.471 e. The molecule has 0 aliphatic heterocycles. The summed E-state index contributed by atoms with van der Waals surface area (Å²) >= 11 is 3.37. The molecule has 3 aromatic carbocycles. The van der Waals surface area contributed by atoms with Gasteiger partial charge in [-0.3, -0.25) is 14.9 Å². The van der Waals surface area contributed by atoms with Crippen molar-refractivity contribution in [2.75, 3.05) is 5.32 Å². The minimum Gasteiger partial charge on any atom is -0.471 e. The molecular weight excluding hydrogens is 528 g/mol. The van der Waals surface area contributed by atoms with Crippen molar-refractivity contribution in [3.63, 3.8) is 0 Å². The number of hydrogen-bond acceptors (Lipinski definition) is 6. The van der Waals surface area contributed by atoms with E-state index in [1.54, 1.807) is 6.20 Å². The van der Waals surface area contributed by atoms with Crippen molar-refractivity contribution >= 4 is 33.2 Å². The highest BCUT2D eigenvalue weighted by molar-refractivity contribution is 9.10. The second-order valence-electron chi connectivity index (χ2n) is 8.20. The Kier molecular flexibility index (Phi) is 7.35. The predicted octanol–water partition coefficient (Wildman–Crippen LogP) is 6.56. The number of aromatic nitrogens is 2. The Balaban J connectivity index is 1.49. The molecule has 0 aliphatic rings. The summed E-state index contributed by atoms with van der Waals surface area (Å²) in [6.07, 6.45) is 1.61. The maximum absolute atomic E-state index is 12.8. The number of ether oxygens (including phenoxy) is 2. The number of anilines is 1. The molecule has 0 bridgehead atoms. The van der Waals surface area contributed by atoms with Crippen LogP contribution in [0.2, 0.25) is 0 Å². The Hall–Kier alpha value is -4.18. The molecule has 0 unspecified atom stereocenters. The van der Waals surface area contributed by atoms with E-state index in [9.17, 15) is 14.9 Å². The van der Waals surface area contributed by atoms with Crippen LogP contribution in [-0.4, -0.2) is 20.6 Å². The number of rotatable bonds is 8. The smallest absolute Gasteiger partial charge is 0.276 e. The SMILES string of the molecule is Cc1cc(C)c(C)c(Oc2cc(NC(=O)c3ccn(COc4ccc(Br)cc4)n3)cc([N+](=O)[O-])c2)c1. The number of nitrogens with zero attached hydrogens (tertiary/aromatic N) is 3. The van der Waals surface area contributed by atoms with Crippen LogP contribution in [0.25, 0.3) is 0 Å². The van der Waals surface area contributed by atoms with Gasteiger partial charge in [-0.05, 0) is 73.9 Å². The zero-order valence-corrected chi connectivity index (χ0v) is 21.4. The van der Waals surface area contributed by atoms with Crippen LogP contribution in [-0.2, 0) is 6.73 Å². The molecule has 4 aromatic rings. The maximum atomic E-state index is 12.8.